The molecule has 1 aromatic heterocycles. The molecule has 0 amide bonds. The van der Waals surface area contributed by atoms with Gasteiger partial charge in [-0.15, -0.1) is 0 Å². The molecule has 2 N–H and O–H groups in total. The number of hydrogen-bond acceptors (Lipinski definition) is 3. The highest BCUT2D eigenvalue weighted by Gasteiger charge is 2.28. The van der Waals surface area contributed by atoms with Gasteiger partial charge in [-0.1, -0.05) is 0 Å². The molecule has 0 saturated carbocycles. The Hall–Kier alpha value is -2.31. The van der Waals surface area contributed by atoms with Crippen LogP contribution in [0.3, 0.4) is 0 Å². The maximum atomic E-state index is 13.1. The van der Waals surface area contributed by atoms with Gasteiger partial charge in [-0.25, -0.2) is 4.39 Å². The summed E-state index contributed by atoms with van der Waals surface area (Å²) in [6.45, 7) is -1.41. The lowest BCUT2D eigenvalue weighted by Gasteiger charge is -2.12. The Morgan fingerprint density at radius 3 is 2.55 bits per heavy atom. The van der Waals surface area contributed by atoms with Crippen LogP contribution in [0.5, 0.6) is 5.75 Å². The summed E-state index contributed by atoms with van der Waals surface area (Å²) < 4.78 is 54.0. The summed E-state index contributed by atoms with van der Waals surface area (Å²) in [6.07, 6.45) is -2.05. The summed E-state index contributed by atoms with van der Waals surface area (Å²) in [5.41, 5.74) is 6.73. The lowest BCUT2D eigenvalue weighted by molar-refractivity contribution is -0.153. The van der Waals surface area contributed by atoms with E-state index in [1.807, 2.05) is 0 Å². The van der Waals surface area contributed by atoms with Crippen LogP contribution in [0.2, 0.25) is 0 Å². The molecular formula is C13H10F4N2O. The van der Waals surface area contributed by atoms with Gasteiger partial charge in [-0.3, -0.25) is 4.98 Å². The van der Waals surface area contributed by atoms with Crippen molar-refractivity contribution in [2.75, 3.05) is 12.3 Å². The fourth-order valence-corrected chi connectivity index (χ4v) is 1.60. The van der Waals surface area contributed by atoms with Gasteiger partial charge in [0.15, 0.2) is 6.61 Å². The molecule has 1 aromatic carbocycles. The molecular weight excluding hydrogens is 276 g/mol. The standard InChI is InChI=1S/C13H10F4N2O/c14-9-3-8(5-19-6-9)11-4-10(1-2-12(11)18)20-7-13(15,16)17/h1-6H,7,18H2. The Bertz CT molecular complexity index is 614. The van der Waals surface area contributed by atoms with Gasteiger partial charge in [0.2, 0.25) is 0 Å². The molecule has 7 heteroatoms. The minimum Gasteiger partial charge on any atom is -0.484 e. The van der Waals surface area contributed by atoms with Crippen LogP contribution in [-0.2, 0) is 0 Å². The van der Waals surface area contributed by atoms with Crippen LogP contribution < -0.4 is 10.5 Å². The number of halogens is 4. The average molecular weight is 286 g/mol. The van der Waals surface area contributed by atoms with E-state index in [1.165, 1.54) is 30.5 Å². The summed E-state index contributed by atoms with van der Waals surface area (Å²) in [4.78, 5) is 3.67. The highest BCUT2D eigenvalue weighted by atomic mass is 19.4. The molecule has 20 heavy (non-hydrogen) atoms. The van der Waals surface area contributed by atoms with E-state index in [1.54, 1.807) is 0 Å². The Kier molecular flexibility index (Phi) is 3.78. The molecule has 2 aromatic rings. The van der Waals surface area contributed by atoms with Crippen molar-refractivity contribution in [1.29, 1.82) is 0 Å². The van der Waals surface area contributed by atoms with E-state index < -0.39 is 18.6 Å². The third-order valence-corrected chi connectivity index (χ3v) is 2.44. The number of alkyl halides is 3. The van der Waals surface area contributed by atoms with Crippen molar-refractivity contribution in [1.82, 2.24) is 4.98 Å². The van der Waals surface area contributed by atoms with Crippen molar-refractivity contribution >= 4 is 5.69 Å². The van der Waals surface area contributed by atoms with E-state index in [0.717, 1.165) is 6.20 Å². The first-order chi connectivity index (χ1) is 9.35. The van der Waals surface area contributed by atoms with Crippen LogP contribution in [0.15, 0.2) is 36.7 Å². The van der Waals surface area contributed by atoms with Crippen LogP contribution in [0, 0.1) is 5.82 Å². The van der Waals surface area contributed by atoms with Gasteiger partial charge in [0, 0.05) is 23.0 Å². The minimum absolute atomic E-state index is 0.00390. The summed E-state index contributed by atoms with van der Waals surface area (Å²) in [5, 5.41) is 0. The molecule has 0 unspecified atom stereocenters. The zero-order valence-corrected chi connectivity index (χ0v) is 10.1. The van der Waals surface area contributed by atoms with Gasteiger partial charge in [-0.2, -0.15) is 13.2 Å². The van der Waals surface area contributed by atoms with Crippen molar-refractivity contribution in [3.05, 3.63) is 42.5 Å². The Morgan fingerprint density at radius 1 is 1.15 bits per heavy atom. The lowest BCUT2D eigenvalue weighted by Crippen LogP contribution is -2.19. The number of benzene rings is 1. The topological polar surface area (TPSA) is 48.1 Å². The van der Waals surface area contributed by atoms with Crippen molar-refractivity contribution < 1.29 is 22.3 Å². The van der Waals surface area contributed by atoms with Crippen LogP contribution in [0.25, 0.3) is 11.1 Å². The predicted molar refractivity (Wildman–Crippen MR) is 65.6 cm³/mol. The molecule has 1 heterocycles. The first-order valence-electron chi connectivity index (χ1n) is 5.55. The molecule has 0 fully saturated rings. The molecule has 0 aliphatic carbocycles. The van der Waals surface area contributed by atoms with Gasteiger partial charge in [0.25, 0.3) is 0 Å². The van der Waals surface area contributed by atoms with Gasteiger partial charge < -0.3 is 10.5 Å². The van der Waals surface area contributed by atoms with E-state index in [2.05, 4.69) is 9.72 Å². The van der Waals surface area contributed by atoms with Crippen LogP contribution in [-0.4, -0.2) is 17.8 Å². The second kappa shape index (κ2) is 5.36. The fourth-order valence-electron chi connectivity index (χ4n) is 1.60. The largest absolute Gasteiger partial charge is 0.484 e. The Balaban J connectivity index is 2.30. The minimum atomic E-state index is -4.43. The predicted octanol–water partition coefficient (Wildman–Crippen LogP) is 3.41. The third kappa shape index (κ3) is 3.59. The number of ether oxygens (including phenoxy) is 1. The number of hydrogen-bond donors (Lipinski definition) is 1. The quantitative estimate of drug-likeness (QED) is 0.694. The van der Waals surface area contributed by atoms with Crippen molar-refractivity contribution in [3.8, 4) is 16.9 Å². The first-order valence-corrected chi connectivity index (χ1v) is 5.55. The molecule has 2 rings (SSSR count). The molecule has 0 atom stereocenters. The summed E-state index contributed by atoms with van der Waals surface area (Å²) in [6, 6.07) is 5.22. The van der Waals surface area contributed by atoms with Crippen LogP contribution in [0.1, 0.15) is 0 Å². The molecule has 0 saturated heterocycles. The first kappa shape index (κ1) is 14.1. The number of nitrogen functional groups attached to an aromatic ring is 1. The number of nitrogens with two attached hydrogens (primary N) is 1. The number of nitrogens with zero attached hydrogens (tertiary/aromatic N) is 1. The SMILES string of the molecule is Nc1ccc(OCC(F)(F)F)cc1-c1cncc(F)c1. The smallest absolute Gasteiger partial charge is 0.422 e. The molecule has 0 radical (unpaired) electrons. The average Bonchev–Trinajstić information content (AvgIpc) is 2.37. The van der Waals surface area contributed by atoms with Crippen molar-refractivity contribution in [3.63, 3.8) is 0 Å². The number of rotatable bonds is 3. The summed E-state index contributed by atoms with van der Waals surface area (Å²) >= 11 is 0. The maximum Gasteiger partial charge on any atom is 0.422 e. The van der Waals surface area contributed by atoms with Gasteiger partial charge in [-0.05, 0) is 24.3 Å². The molecule has 0 aliphatic rings. The lowest BCUT2D eigenvalue weighted by atomic mass is 10.1. The van der Waals surface area contributed by atoms with Gasteiger partial charge >= 0.3 is 6.18 Å². The zero-order valence-electron chi connectivity index (χ0n) is 10.1. The van der Waals surface area contributed by atoms with Crippen molar-refractivity contribution in [2.45, 2.75) is 6.18 Å². The monoisotopic (exact) mass is 286 g/mol. The van der Waals surface area contributed by atoms with E-state index >= 15 is 0 Å². The number of anilines is 1. The molecule has 0 bridgehead atoms. The van der Waals surface area contributed by atoms with E-state index in [-0.39, 0.29) is 11.4 Å². The van der Waals surface area contributed by atoms with Gasteiger partial charge in [0.1, 0.15) is 11.6 Å². The summed E-state index contributed by atoms with van der Waals surface area (Å²) in [7, 11) is 0. The molecule has 3 nitrogen and oxygen atoms in total. The number of aromatic nitrogens is 1. The highest BCUT2D eigenvalue weighted by molar-refractivity contribution is 5.77. The van der Waals surface area contributed by atoms with E-state index in [4.69, 9.17) is 5.73 Å². The second-order valence-corrected chi connectivity index (χ2v) is 4.04. The second-order valence-electron chi connectivity index (χ2n) is 4.04. The summed E-state index contributed by atoms with van der Waals surface area (Å²) in [5.74, 6) is -0.570. The Labute approximate surface area is 112 Å². The normalized spacial score (nSPS) is 11.4. The fraction of sp³-hybridized carbons (Fsp3) is 0.154. The molecule has 106 valence electrons. The highest BCUT2D eigenvalue weighted by Crippen LogP contribution is 2.30. The van der Waals surface area contributed by atoms with Crippen LogP contribution in [0.4, 0.5) is 23.2 Å². The van der Waals surface area contributed by atoms with Gasteiger partial charge in [0.05, 0.1) is 6.20 Å². The third-order valence-electron chi connectivity index (χ3n) is 2.44. The van der Waals surface area contributed by atoms with E-state index in [0.29, 0.717) is 11.1 Å². The number of pyridine rings is 1. The van der Waals surface area contributed by atoms with E-state index in [9.17, 15) is 17.6 Å². The van der Waals surface area contributed by atoms with Crippen molar-refractivity contribution in [2.24, 2.45) is 0 Å². The maximum absolute atomic E-state index is 13.1. The zero-order chi connectivity index (χ0) is 14.8. The Morgan fingerprint density at radius 2 is 1.90 bits per heavy atom. The molecule has 0 spiro atoms. The molecule has 0 aliphatic heterocycles. The van der Waals surface area contributed by atoms with Crippen LogP contribution >= 0.6 is 0 Å².